The van der Waals surface area contributed by atoms with Crippen LogP contribution in [0.25, 0.3) is 0 Å². The maximum absolute atomic E-state index is 13.2. The van der Waals surface area contributed by atoms with Crippen molar-refractivity contribution < 1.29 is 4.39 Å². The largest absolute Gasteiger partial charge is 0.207 e. The third-order valence-corrected chi connectivity index (χ3v) is 4.19. The van der Waals surface area contributed by atoms with Crippen molar-refractivity contribution >= 4 is 31.9 Å². The van der Waals surface area contributed by atoms with Crippen LogP contribution in [0, 0.1) is 12.7 Å². The van der Waals surface area contributed by atoms with Gasteiger partial charge in [0.05, 0.1) is 0 Å². The minimum absolute atomic E-state index is 0.152. The fourth-order valence-corrected chi connectivity index (χ4v) is 2.96. The summed E-state index contributed by atoms with van der Waals surface area (Å²) in [6.07, 6.45) is 0.879. The summed E-state index contributed by atoms with van der Waals surface area (Å²) in [4.78, 5) is 0.200. The Bertz CT molecular complexity index is 552. The second-order valence-corrected chi connectivity index (χ2v) is 6.33. The highest BCUT2D eigenvalue weighted by Gasteiger charge is 2.10. The standard InChI is InChI=1S/C15H13Br2F/c1-10-7-12(5-6-15(10)18)14(17)9-11-3-2-4-13(16)8-11/h2-8,14H,9H2,1H3. The Balaban J connectivity index is 2.16. The van der Waals surface area contributed by atoms with E-state index >= 15 is 0 Å². The highest BCUT2D eigenvalue weighted by atomic mass is 79.9. The molecule has 0 radical (unpaired) electrons. The summed E-state index contributed by atoms with van der Waals surface area (Å²) >= 11 is 7.13. The molecule has 0 N–H and O–H groups in total. The molecule has 0 nitrogen and oxygen atoms in total. The first kappa shape index (κ1) is 13.8. The number of aryl methyl sites for hydroxylation is 1. The van der Waals surface area contributed by atoms with E-state index in [9.17, 15) is 4.39 Å². The second kappa shape index (κ2) is 5.98. The van der Waals surface area contributed by atoms with E-state index in [1.807, 2.05) is 24.3 Å². The van der Waals surface area contributed by atoms with Gasteiger partial charge >= 0.3 is 0 Å². The summed E-state index contributed by atoms with van der Waals surface area (Å²) in [5.41, 5.74) is 3.04. The van der Waals surface area contributed by atoms with Crippen LogP contribution in [-0.4, -0.2) is 0 Å². The van der Waals surface area contributed by atoms with Crippen molar-refractivity contribution in [1.82, 2.24) is 0 Å². The van der Waals surface area contributed by atoms with Crippen molar-refractivity contribution in [2.75, 3.05) is 0 Å². The van der Waals surface area contributed by atoms with Crippen molar-refractivity contribution in [2.45, 2.75) is 18.2 Å². The lowest BCUT2D eigenvalue weighted by Crippen LogP contribution is -1.97. The maximum atomic E-state index is 13.2. The Kier molecular flexibility index (Phi) is 4.57. The molecule has 0 saturated heterocycles. The summed E-state index contributed by atoms with van der Waals surface area (Å²) in [5.74, 6) is -0.152. The number of rotatable bonds is 3. The van der Waals surface area contributed by atoms with Crippen LogP contribution in [0.3, 0.4) is 0 Å². The molecule has 1 atom stereocenters. The van der Waals surface area contributed by atoms with Crippen LogP contribution in [0.4, 0.5) is 4.39 Å². The van der Waals surface area contributed by atoms with Crippen LogP contribution in [0.2, 0.25) is 0 Å². The molecule has 2 aromatic carbocycles. The lowest BCUT2D eigenvalue weighted by molar-refractivity contribution is 0.617. The molecule has 0 heterocycles. The number of alkyl halides is 1. The number of hydrogen-bond acceptors (Lipinski definition) is 0. The van der Waals surface area contributed by atoms with Crippen molar-refractivity contribution in [3.8, 4) is 0 Å². The Hall–Kier alpha value is -0.670. The molecule has 3 heteroatoms. The van der Waals surface area contributed by atoms with E-state index in [2.05, 4.69) is 44.0 Å². The summed E-state index contributed by atoms with van der Waals surface area (Å²) in [6.45, 7) is 1.79. The van der Waals surface area contributed by atoms with Gasteiger partial charge in [-0.15, -0.1) is 0 Å². The first-order valence-electron chi connectivity index (χ1n) is 5.71. The molecule has 94 valence electrons. The van der Waals surface area contributed by atoms with Crippen molar-refractivity contribution in [1.29, 1.82) is 0 Å². The highest BCUT2D eigenvalue weighted by Crippen LogP contribution is 2.29. The average Bonchev–Trinajstić information content (AvgIpc) is 2.32. The molecule has 0 aliphatic heterocycles. The fraction of sp³-hybridized carbons (Fsp3) is 0.200. The van der Waals surface area contributed by atoms with Gasteiger partial charge in [-0.25, -0.2) is 4.39 Å². The summed E-state index contributed by atoms with van der Waals surface area (Å²) in [5, 5.41) is 0. The molecule has 0 fully saturated rings. The van der Waals surface area contributed by atoms with E-state index in [-0.39, 0.29) is 10.6 Å². The van der Waals surface area contributed by atoms with E-state index in [4.69, 9.17) is 0 Å². The number of hydrogen-bond donors (Lipinski definition) is 0. The quantitative estimate of drug-likeness (QED) is 0.618. The van der Waals surface area contributed by atoms with E-state index in [1.165, 1.54) is 11.6 Å². The lowest BCUT2D eigenvalue weighted by Gasteiger charge is -2.11. The van der Waals surface area contributed by atoms with Crippen LogP contribution >= 0.6 is 31.9 Å². The zero-order valence-electron chi connectivity index (χ0n) is 9.96. The third-order valence-electron chi connectivity index (χ3n) is 2.85. The molecule has 18 heavy (non-hydrogen) atoms. The zero-order chi connectivity index (χ0) is 13.1. The van der Waals surface area contributed by atoms with Gasteiger partial charge in [0.15, 0.2) is 0 Å². The molecule has 0 amide bonds. The first-order valence-corrected chi connectivity index (χ1v) is 7.41. The second-order valence-electron chi connectivity index (χ2n) is 4.31. The normalized spacial score (nSPS) is 12.4. The predicted octanol–water partition coefficient (Wildman–Crippen LogP) is 5.58. The van der Waals surface area contributed by atoms with E-state index in [1.54, 1.807) is 6.92 Å². The summed E-state index contributed by atoms with van der Waals surface area (Å²) in [7, 11) is 0. The highest BCUT2D eigenvalue weighted by molar-refractivity contribution is 9.10. The van der Waals surface area contributed by atoms with Gasteiger partial charge in [-0.05, 0) is 48.2 Å². The van der Waals surface area contributed by atoms with Crippen LogP contribution in [0.1, 0.15) is 21.5 Å². The van der Waals surface area contributed by atoms with Gasteiger partial charge in [0.25, 0.3) is 0 Å². The lowest BCUT2D eigenvalue weighted by atomic mass is 10.0. The van der Waals surface area contributed by atoms with E-state index in [0.717, 1.165) is 16.5 Å². The van der Waals surface area contributed by atoms with Crippen LogP contribution < -0.4 is 0 Å². The van der Waals surface area contributed by atoms with Gasteiger partial charge in [0.1, 0.15) is 5.82 Å². The Morgan fingerprint density at radius 3 is 2.61 bits per heavy atom. The van der Waals surface area contributed by atoms with Gasteiger partial charge in [-0.3, -0.25) is 0 Å². The summed E-state index contributed by atoms with van der Waals surface area (Å²) in [6, 6.07) is 13.5. The molecule has 0 aliphatic rings. The zero-order valence-corrected chi connectivity index (χ0v) is 13.1. The third kappa shape index (κ3) is 3.42. The van der Waals surface area contributed by atoms with Crippen LogP contribution in [0.15, 0.2) is 46.9 Å². The first-order chi connectivity index (χ1) is 8.56. The average molecular weight is 372 g/mol. The van der Waals surface area contributed by atoms with Crippen molar-refractivity contribution in [3.63, 3.8) is 0 Å². The maximum Gasteiger partial charge on any atom is 0.126 e. The smallest absolute Gasteiger partial charge is 0.126 e. The predicted molar refractivity (Wildman–Crippen MR) is 80.7 cm³/mol. The molecule has 0 spiro atoms. The van der Waals surface area contributed by atoms with Gasteiger partial charge in [-0.1, -0.05) is 56.1 Å². The molecular formula is C15H13Br2F. The minimum atomic E-state index is -0.152. The topological polar surface area (TPSA) is 0 Å². The molecule has 2 aromatic rings. The van der Waals surface area contributed by atoms with Crippen LogP contribution in [-0.2, 0) is 6.42 Å². The molecule has 2 rings (SSSR count). The van der Waals surface area contributed by atoms with E-state index in [0.29, 0.717) is 5.56 Å². The van der Waals surface area contributed by atoms with Gasteiger partial charge < -0.3 is 0 Å². The summed E-state index contributed by atoms with van der Waals surface area (Å²) < 4.78 is 14.3. The Morgan fingerprint density at radius 1 is 1.17 bits per heavy atom. The molecule has 0 saturated carbocycles. The molecule has 0 aliphatic carbocycles. The molecular weight excluding hydrogens is 359 g/mol. The van der Waals surface area contributed by atoms with Gasteiger partial charge in [-0.2, -0.15) is 0 Å². The van der Waals surface area contributed by atoms with Crippen LogP contribution in [0.5, 0.6) is 0 Å². The SMILES string of the molecule is Cc1cc(C(Br)Cc2cccc(Br)c2)ccc1F. The minimum Gasteiger partial charge on any atom is -0.207 e. The molecule has 1 unspecified atom stereocenters. The monoisotopic (exact) mass is 370 g/mol. The van der Waals surface area contributed by atoms with Gasteiger partial charge in [0, 0.05) is 9.30 Å². The fourth-order valence-electron chi connectivity index (χ4n) is 1.85. The molecule has 0 aromatic heterocycles. The van der Waals surface area contributed by atoms with Crippen molar-refractivity contribution in [3.05, 3.63) is 69.4 Å². The molecule has 0 bridgehead atoms. The van der Waals surface area contributed by atoms with Gasteiger partial charge in [0.2, 0.25) is 0 Å². The van der Waals surface area contributed by atoms with Crippen molar-refractivity contribution in [2.24, 2.45) is 0 Å². The number of halogens is 3. The Labute approximate surface area is 123 Å². The Morgan fingerprint density at radius 2 is 1.94 bits per heavy atom. The van der Waals surface area contributed by atoms with E-state index < -0.39 is 0 Å². The number of benzene rings is 2.